The van der Waals surface area contributed by atoms with Gasteiger partial charge in [0.2, 0.25) is 0 Å². The van der Waals surface area contributed by atoms with Gasteiger partial charge in [-0.3, -0.25) is 0 Å². The second-order valence-electron chi connectivity index (χ2n) is 7.16. The van der Waals surface area contributed by atoms with Gasteiger partial charge in [-0.1, -0.05) is 25.5 Å². The Morgan fingerprint density at radius 2 is 2.00 bits per heavy atom. The molecule has 0 fully saturated rings. The first-order valence-electron chi connectivity index (χ1n) is 10.3. The molecule has 1 unspecified atom stereocenters. The fourth-order valence-corrected chi connectivity index (χ4v) is 3.63. The Balaban J connectivity index is 1.36. The second kappa shape index (κ2) is 10.9. The van der Waals surface area contributed by atoms with Crippen LogP contribution in [0, 0.1) is 5.82 Å². The number of nitrogens with one attached hydrogen (secondary N) is 2. The lowest BCUT2D eigenvalue weighted by Gasteiger charge is -2.17. The molecule has 5 nitrogen and oxygen atoms in total. The maximum absolute atomic E-state index is 13.8. The van der Waals surface area contributed by atoms with Crippen LogP contribution in [-0.2, 0) is 11.2 Å². The van der Waals surface area contributed by atoms with Gasteiger partial charge in [0.25, 0.3) is 0 Å². The molecule has 0 aromatic heterocycles. The Bertz CT molecular complexity index is 873. The number of esters is 1. The number of hydrogen-bond acceptors (Lipinski definition) is 4. The number of thiocarbonyl (C=S) groups is 1. The summed E-state index contributed by atoms with van der Waals surface area (Å²) in [5.74, 6) is 0.186. The number of carbonyl (C=O) groups excluding carboxylic acids is 1. The highest BCUT2D eigenvalue weighted by atomic mass is 32.1. The third-order valence-electron chi connectivity index (χ3n) is 5.00. The first kappa shape index (κ1) is 22.0. The summed E-state index contributed by atoms with van der Waals surface area (Å²) < 4.78 is 24.7. The molecule has 2 aromatic carbocycles. The van der Waals surface area contributed by atoms with E-state index in [1.54, 1.807) is 30.3 Å². The minimum atomic E-state index is -0.393. The minimum Gasteiger partial charge on any atom is -0.494 e. The van der Waals surface area contributed by atoms with E-state index in [1.165, 1.54) is 6.07 Å². The van der Waals surface area contributed by atoms with Crippen molar-refractivity contribution in [3.63, 3.8) is 0 Å². The van der Waals surface area contributed by atoms with Crippen molar-refractivity contribution in [1.82, 2.24) is 10.6 Å². The van der Waals surface area contributed by atoms with Gasteiger partial charge in [-0.25, -0.2) is 9.18 Å². The maximum atomic E-state index is 13.8. The van der Waals surface area contributed by atoms with Crippen LogP contribution in [0.3, 0.4) is 0 Å². The highest BCUT2D eigenvalue weighted by Crippen LogP contribution is 2.32. The average Bonchev–Trinajstić information content (AvgIpc) is 3.16. The number of hydrogen-bond donors (Lipinski definition) is 2. The molecular weight excluding hydrogens is 403 g/mol. The zero-order chi connectivity index (χ0) is 21.3. The van der Waals surface area contributed by atoms with Crippen molar-refractivity contribution in [2.24, 2.45) is 0 Å². The van der Waals surface area contributed by atoms with Gasteiger partial charge in [-0.15, -0.1) is 0 Å². The average molecular weight is 431 g/mol. The van der Waals surface area contributed by atoms with Gasteiger partial charge in [0.15, 0.2) is 5.11 Å². The summed E-state index contributed by atoms with van der Waals surface area (Å²) in [5, 5.41) is 6.70. The topological polar surface area (TPSA) is 59.6 Å². The highest BCUT2D eigenvalue weighted by molar-refractivity contribution is 7.80. The van der Waals surface area contributed by atoms with Crippen LogP contribution in [0.2, 0.25) is 0 Å². The molecule has 0 saturated carbocycles. The van der Waals surface area contributed by atoms with Crippen molar-refractivity contribution in [3.8, 4) is 5.75 Å². The molecule has 0 saturated heterocycles. The van der Waals surface area contributed by atoms with E-state index >= 15 is 0 Å². The molecule has 3 rings (SSSR count). The van der Waals surface area contributed by atoms with Crippen LogP contribution < -0.4 is 15.4 Å². The molecule has 1 atom stereocenters. The van der Waals surface area contributed by atoms with Gasteiger partial charge in [0.05, 0.1) is 24.8 Å². The van der Waals surface area contributed by atoms with Crippen molar-refractivity contribution in [2.75, 3.05) is 19.8 Å². The van der Waals surface area contributed by atoms with Gasteiger partial charge >= 0.3 is 5.97 Å². The Morgan fingerprint density at radius 3 is 2.77 bits per heavy atom. The van der Waals surface area contributed by atoms with Crippen LogP contribution in [0.4, 0.5) is 4.39 Å². The van der Waals surface area contributed by atoms with Gasteiger partial charge in [0.1, 0.15) is 18.2 Å². The SMILES string of the molecule is CCCCOc1ccc(C(=O)OCCNC(=S)NC2CCc3c(F)cccc32)cc1. The van der Waals surface area contributed by atoms with E-state index in [-0.39, 0.29) is 18.5 Å². The molecule has 0 spiro atoms. The predicted octanol–water partition coefficient (Wildman–Crippen LogP) is 4.31. The molecule has 7 heteroatoms. The van der Waals surface area contributed by atoms with E-state index in [0.29, 0.717) is 30.2 Å². The largest absolute Gasteiger partial charge is 0.494 e. The number of fused-ring (bicyclic) bond motifs is 1. The van der Waals surface area contributed by atoms with Crippen LogP contribution in [0.15, 0.2) is 42.5 Å². The van der Waals surface area contributed by atoms with Gasteiger partial charge in [-0.05, 0) is 72.9 Å². The first-order valence-corrected chi connectivity index (χ1v) is 10.7. The lowest BCUT2D eigenvalue weighted by atomic mass is 10.1. The lowest BCUT2D eigenvalue weighted by Crippen LogP contribution is -2.38. The van der Waals surface area contributed by atoms with Crippen LogP contribution in [0.5, 0.6) is 5.75 Å². The summed E-state index contributed by atoms with van der Waals surface area (Å²) in [6, 6.07) is 12.1. The quantitative estimate of drug-likeness (QED) is 0.351. The smallest absolute Gasteiger partial charge is 0.338 e. The summed E-state index contributed by atoms with van der Waals surface area (Å²) in [5.41, 5.74) is 2.18. The summed E-state index contributed by atoms with van der Waals surface area (Å²) in [6.45, 7) is 3.35. The Hall–Kier alpha value is -2.67. The number of unbranched alkanes of at least 4 members (excludes halogenated alkanes) is 1. The molecule has 2 N–H and O–H groups in total. The summed E-state index contributed by atoms with van der Waals surface area (Å²) in [6.07, 6.45) is 3.56. The third-order valence-corrected chi connectivity index (χ3v) is 5.26. The Labute approximate surface area is 182 Å². The minimum absolute atomic E-state index is 0.00342. The van der Waals surface area contributed by atoms with E-state index in [4.69, 9.17) is 21.7 Å². The fraction of sp³-hybridized carbons (Fsp3) is 0.391. The van der Waals surface area contributed by atoms with Crippen LogP contribution in [0.1, 0.15) is 53.7 Å². The van der Waals surface area contributed by atoms with Crippen molar-refractivity contribution in [3.05, 3.63) is 65.0 Å². The molecule has 0 amide bonds. The maximum Gasteiger partial charge on any atom is 0.338 e. The Kier molecular flexibility index (Phi) is 8.02. The number of rotatable bonds is 9. The van der Waals surface area contributed by atoms with E-state index in [1.807, 2.05) is 6.07 Å². The van der Waals surface area contributed by atoms with E-state index in [2.05, 4.69) is 17.6 Å². The van der Waals surface area contributed by atoms with E-state index in [0.717, 1.165) is 36.1 Å². The monoisotopic (exact) mass is 430 g/mol. The normalized spacial score (nSPS) is 14.7. The van der Waals surface area contributed by atoms with Crippen molar-refractivity contribution >= 4 is 23.3 Å². The molecule has 1 aliphatic rings. The standard InChI is InChI=1S/C23H27FN2O3S/c1-2-3-14-28-17-9-7-16(8-10-17)22(27)29-15-13-25-23(30)26-21-12-11-18-19(21)5-4-6-20(18)24/h4-10,21H,2-3,11-15H2,1H3,(H2,25,26,30). The van der Waals surface area contributed by atoms with Gasteiger partial charge < -0.3 is 20.1 Å². The molecule has 0 aliphatic heterocycles. The van der Waals surface area contributed by atoms with Crippen LogP contribution in [-0.4, -0.2) is 30.8 Å². The van der Waals surface area contributed by atoms with Crippen LogP contribution >= 0.6 is 12.2 Å². The summed E-state index contributed by atoms with van der Waals surface area (Å²) in [4.78, 5) is 12.1. The second-order valence-corrected chi connectivity index (χ2v) is 7.57. The van der Waals surface area contributed by atoms with Gasteiger partial charge in [0, 0.05) is 0 Å². The molecule has 1 aliphatic carbocycles. The Morgan fingerprint density at radius 1 is 1.20 bits per heavy atom. The number of carbonyl (C=O) groups is 1. The zero-order valence-corrected chi connectivity index (χ0v) is 17.9. The zero-order valence-electron chi connectivity index (χ0n) is 17.1. The molecule has 0 radical (unpaired) electrons. The summed E-state index contributed by atoms with van der Waals surface area (Å²) in [7, 11) is 0. The predicted molar refractivity (Wildman–Crippen MR) is 118 cm³/mol. The van der Waals surface area contributed by atoms with Crippen molar-refractivity contribution < 1.29 is 18.7 Å². The van der Waals surface area contributed by atoms with E-state index < -0.39 is 5.97 Å². The number of halogens is 1. The first-order chi connectivity index (χ1) is 14.6. The summed E-state index contributed by atoms with van der Waals surface area (Å²) >= 11 is 5.31. The molecule has 0 bridgehead atoms. The number of ether oxygens (including phenoxy) is 2. The molecule has 160 valence electrons. The number of benzene rings is 2. The van der Waals surface area contributed by atoms with Crippen molar-refractivity contribution in [2.45, 2.75) is 38.6 Å². The van der Waals surface area contributed by atoms with E-state index in [9.17, 15) is 9.18 Å². The molecular formula is C23H27FN2O3S. The van der Waals surface area contributed by atoms with Crippen molar-refractivity contribution in [1.29, 1.82) is 0 Å². The molecule has 2 aromatic rings. The molecule has 30 heavy (non-hydrogen) atoms. The lowest BCUT2D eigenvalue weighted by molar-refractivity contribution is 0.0512. The fourth-order valence-electron chi connectivity index (χ4n) is 3.38. The molecule has 0 heterocycles. The van der Waals surface area contributed by atoms with Crippen LogP contribution in [0.25, 0.3) is 0 Å². The van der Waals surface area contributed by atoms with Gasteiger partial charge in [-0.2, -0.15) is 0 Å². The third kappa shape index (κ3) is 5.92. The highest BCUT2D eigenvalue weighted by Gasteiger charge is 2.25.